The fraction of sp³-hybridized carbons (Fsp3) is 0.615. The van der Waals surface area contributed by atoms with Gasteiger partial charge in [0.25, 0.3) is 5.91 Å². The molecule has 0 spiro atoms. The molecule has 0 radical (unpaired) electrons. The lowest BCUT2D eigenvalue weighted by molar-refractivity contribution is -0.133. The van der Waals surface area contributed by atoms with Crippen molar-refractivity contribution in [3.8, 4) is 0 Å². The Hall–Kier alpha value is -1.60. The van der Waals surface area contributed by atoms with Crippen LogP contribution in [0.4, 0.5) is 0 Å². The average Bonchev–Trinajstić information content (AvgIpc) is 2.85. The molecule has 2 amide bonds. The van der Waals surface area contributed by atoms with Gasteiger partial charge in [-0.15, -0.1) is 12.4 Å². The number of halogens is 1. The summed E-state index contributed by atoms with van der Waals surface area (Å²) in [5.41, 5.74) is 1.55. The van der Waals surface area contributed by atoms with Crippen molar-refractivity contribution < 1.29 is 9.59 Å². The zero-order valence-corrected chi connectivity index (χ0v) is 13.0. The molecule has 3 rings (SSSR count). The maximum Gasteiger partial charge on any atom is 0.275 e. The Morgan fingerprint density at radius 1 is 1.33 bits per heavy atom. The monoisotopic (exact) mass is 313 g/mol. The van der Waals surface area contributed by atoms with E-state index in [2.05, 4.69) is 20.8 Å². The molecule has 0 saturated carbocycles. The second-order valence-corrected chi connectivity index (χ2v) is 5.73. The van der Waals surface area contributed by atoms with Gasteiger partial charge in [-0.2, -0.15) is 5.10 Å². The van der Waals surface area contributed by atoms with Gasteiger partial charge in [0.15, 0.2) is 5.69 Å². The summed E-state index contributed by atoms with van der Waals surface area (Å²) >= 11 is 0. The van der Waals surface area contributed by atoms with E-state index in [1.54, 1.807) is 18.7 Å². The molecule has 7 nitrogen and oxygen atoms in total. The van der Waals surface area contributed by atoms with Gasteiger partial charge in [0.1, 0.15) is 5.54 Å². The third kappa shape index (κ3) is 2.51. The zero-order chi connectivity index (χ0) is 14.3. The number of piperazine rings is 1. The molecule has 116 valence electrons. The fourth-order valence-electron chi connectivity index (χ4n) is 2.79. The van der Waals surface area contributed by atoms with Crippen LogP contribution in [0.25, 0.3) is 0 Å². The molecule has 21 heavy (non-hydrogen) atoms. The predicted octanol–water partition coefficient (Wildman–Crippen LogP) is -0.172. The summed E-state index contributed by atoms with van der Waals surface area (Å²) in [7, 11) is 0. The number of fused-ring (bicyclic) bond motifs is 1. The molecule has 0 unspecified atom stereocenters. The van der Waals surface area contributed by atoms with E-state index < -0.39 is 5.54 Å². The first-order valence-electron chi connectivity index (χ1n) is 6.89. The van der Waals surface area contributed by atoms with Crippen molar-refractivity contribution in [1.82, 2.24) is 25.7 Å². The minimum absolute atomic E-state index is 0. The Labute approximate surface area is 129 Å². The molecule has 1 saturated heterocycles. The lowest BCUT2D eigenvalue weighted by Gasteiger charge is -2.40. The summed E-state index contributed by atoms with van der Waals surface area (Å²) in [5.74, 6) is -0.300. The van der Waals surface area contributed by atoms with E-state index in [1.807, 2.05) is 0 Å². The van der Waals surface area contributed by atoms with Crippen LogP contribution in [0.1, 0.15) is 35.6 Å². The molecule has 0 aromatic carbocycles. The van der Waals surface area contributed by atoms with E-state index in [1.165, 1.54) is 0 Å². The van der Waals surface area contributed by atoms with Gasteiger partial charge >= 0.3 is 0 Å². The van der Waals surface area contributed by atoms with Gasteiger partial charge in [0.05, 0.1) is 0 Å². The van der Waals surface area contributed by atoms with Crippen LogP contribution in [0.5, 0.6) is 0 Å². The first kappa shape index (κ1) is 15.8. The highest BCUT2D eigenvalue weighted by atomic mass is 35.5. The number of aromatic amines is 1. The Morgan fingerprint density at radius 2 is 2.10 bits per heavy atom. The van der Waals surface area contributed by atoms with E-state index in [4.69, 9.17) is 0 Å². The standard InChI is InChI=1S/C13H19N5O2.ClH/c1-13(2)12(20)15-5-6-18(13)11(19)10-8-7-14-4-3-9(8)16-17-10;/h14H,3-7H2,1-2H3,(H,15,20)(H,16,17);1H. The maximum absolute atomic E-state index is 12.7. The van der Waals surface area contributed by atoms with Crippen LogP contribution >= 0.6 is 12.4 Å². The summed E-state index contributed by atoms with van der Waals surface area (Å²) < 4.78 is 0. The SMILES string of the molecule is CC1(C)C(=O)NCCN1C(=O)c1n[nH]c2c1CNCC2.Cl. The molecule has 3 heterocycles. The van der Waals surface area contributed by atoms with E-state index in [0.717, 1.165) is 24.2 Å². The number of carbonyl (C=O) groups excluding carboxylic acids is 2. The molecule has 1 aromatic rings. The molecule has 2 aliphatic heterocycles. The molecule has 1 aromatic heterocycles. The van der Waals surface area contributed by atoms with Crippen LogP contribution in [-0.4, -0.2) is 52.1 Å². The second kappa shape index (κ2) is 5.65. The smallest absolute Gasteiger partial charge is 0.275 e. The van der Waals surface area contributed by atoms with Gasteiger partial charge in [-0.25, -0.2) is 0 Å². The quantitative estimate of drug-likeness (QED) is 0.671. The number of H-pyrrole nitrogens is 1. The van der Waals surface area contributed by atoms with Gasteiger partial charge in [-0.05, 0) is 13.8 Å². The number of nitrogens with one attached hydrogen (secondary N) is 3. The van der Waals surface area contributed by atoms with Gasteiger partial charge in [-0.1, -0.05) is 0 Å². The second-order valence-electron chi connectivity index (χ2n) is 5.73. The van der Waals surface area contributed by atoms with Crippen molar-refractivity contribution in [2.24, 2.45) is 0 Å². The highest BCUT2D eigenvalue weighted by Gasteiger charge is 2.42. The van der Waals surface area contributed by atoms with Gasteiger partial charge in [-0.3, -0.25) is 14.7 Å². The Balaban J connectivity index is 0.00000161. The van der Waals surface area contributed by atoms with Crippen molar-refractivity contribution in [1.29, 1.82) is 0 Å². The van der Waals surface area contributed by atoms with Gasteiger partial charge in [0.2, 0.25) is 5.91 Å². The van der Waals surface area contributed by atoms with Crippen LogP contribution in [0.2, 0.25) is 0 Å². The number of aromatic nitrogens is 2. The Bertz CT molecular complexity index is 569. The van der Waals surface area contributed by atoms with Crippen LogP contribution in [0.3, 0.4) is 0 Å². The van der Waals surface area contributed by atoms with Crippen molar-refractivity contribution in [2.45, 2.75) is 32.4 Å². The first-order chi connectivity index (χ1) is 9.51. The Morgan fingerprint density at radius 3 is 2.86 bits per heavy atom. The lowest BCUT2D eigenvalue weighted by Crippen LogP contribution is -2.63. The Kier molecular flexibility index (Phi) is 4.25. The van der Waals surface area contributed by atoms with E-state index in [9.17, 15) is 9.59 Å². The van der Waals surface area contributed by atoms with Crippen LogP contribution in [0.15, 0.2) is 0 Å². The molecule has 8 heteroatoms. The molecule has 0 aliphatic carbocycles. The predicted molar refractivity (Wildman–Crippen MR) is 79.4 cm³/mol. The maximum atomic E-state index is 12.7. The van der Waals surface area contributed by atoms with E-state index in [-0.39, 0.29) is 24.2 Å². The average molecular weight is 314 g/mol. The van der Waals surface area contributed by atoms with Crippen molar-refractivity contribution in [3.05, 3.63) is 17.0 Å². The fourth-order valence-corrected chi connectivity index (χ4v) is 2.79. The largest absolute Gasteiger partial charge is 0.352 e. The molecular formula is C13H20ClN5O2. The summed E-state index contributed by atoms with van der Waals surface area (Å²) in [6.07, 6.45) is 0.847. The summed E-state index contributed by atoms with van der Waals surface area (Å²) in [6, 6.07) is 0. The molecular weight excluding hydrogens is 294 g/mol. The number of rotatable bonds is 1. The normalized spacial score (nSPS) is 20.3. The van der Waals surface area contributed by atoms with Crippen LogP contribution < -0.4 is 10.6 Å². The summed E-state index contributed by atoms with van der Waals surface area (Å²) in [5, 5.41) is 13.2. The van der Waals surface area contributed by atoms with Crippen molar-refractivity contribution in [3.63, 3.8) is 0 Å². The number of hydrogen-bond acceptors (Lipinski definition) is 4. The molecule has 0 bridgehead atoms. The molecule has 1 fully saturated rings. The molecule has 2 aliphatic rings. The lowest BCUT2D eigenvalue weighted by atomic mass is 9.97. The van der Waals surface area contributed by atoms with E-state index >= 15 is 0 Å². The van der Waals surface area contributed by atoms with Gasteiger partial charge in [0, 0.05) is 43.9 Å². The third-order valence-corrected chi connectivity index (χ3v) is 4.11. The number of hydrogen-bond donors (Lipinski definition) is 3. The number of carbonyl (C=O) groups is 2. The zero-order valence-electron chi connectivity index (χ0n) is 12.2. The van der Waals surface area contributed by atoms with Crippen LogP contribution in [-0.2, 0) is 17.8 Å². The molecule has 0 atom stereocenters. The highest BCUT2D eigenvalue weighted by molar-refractivity contribution is 5.99. The van der Waals surface area contributed by atoms with Crippen molar-refractivity contribution in [2.75, 3.05) is 19.6 Å². The first-order valence-corrected chi connectivity index (χ1v) is 6.89. The summed E-state index contributed by atoms with van der Waals surface area (Å²) in [4.78, 5) is 26.3. The summed E-state index contributed by atoms with van der Waals surface area (Å²) in [6.45, 7) is 6.05. The van der Waals surface area contributed by atoms with Gasteiger partial charge < -0.3 is 15.5 Å². The molecule has 3 N–H and O–H groups in total. The third-order valence-electron chi connectivity index (χ3n) is 4.11. The number of nitrogens with zero attached hydrogens (tertiary/aromatic N) is 2. The van der Waals surface area contributed by atoms with Crippen molar-refractivity contribution >= 4 is 24.2 Å². The minimum atomic E-state index is -0.844. The van der Waals surface area contributed by atoms with E-state index in [0.29, 0.717) is 25.3 Å². The minimum Gasteiger partial charge on any atom is -0.352 e. The highest BCUT2D eigenvalue weighted by Crippen LogP contribution is 2.23. The topological polar surface area (TPSA) is 90.1 Å². The number of amides is 2. The van der Waals surface area contributed by atoms with Crippen LogP contribution in [0, 0.1) is 0 Å².